The molecule has 3 heteroatoms. The Labute approximate surface area is 90.2 Å². The first-order valence-electron chi connectivity index (χ1n) is 5.26. The van der Waals surface area contributed by atoms with Crippen LogP contribution in [0.2, 0.25) is 0 Å². The van der Waals surface area contributed by atoms with Gasteiger partial charge in [-0.1, -0.05) is 0 Å². The van der Waals surface area contributed by atoms with Gasteiger partial charge in [0.05, 0.1) is 7.11 Å². The van der Waals surface area contributed by atoms with E-state index in [-0.39, 0.29) is 0 Å². The Morgan fingerprint density at radius 1 is 1.47 bits per heavy atom. The fourth-order valence-corrected chi connectivity index (χ4v) is 1.48. The van der Waals surface area contributed by atoms with Crippen molar-refractivity contribution in [1.82, 2.24) is 0 Å². The maximum Gasteiger partial charge on any atom is 0.146 e. The number of nitrogens with one attached hydrogen (secondary N) is 1. The summed E-state index contributed by atoms with van der Waals surface area (Å²) in [5.41, 5.74) is 1.99. The molecule has 0 spiro atoms. The van der Waals surface area contributed by atoms with E-state index in [1.54, 1.807) is 13.3 Å². The molecule has 0 aliphatic heterocycles. The highest BCUT2D eigenvalue weighted by molar-refractivity contribution is 5.67. The van der Waals surface area contributed by atoms with Crippen LogP contribution < -0.4 is 10.1 Å². The van der Waals surface area contributed by atoms with Crippen molar-refractivity contribution < 1.29 is 4.74 Å². The van der Waals surface area contributed by atoms with E-state index >= 15 is 0 Å². The number of benzene rings is 1. The Morgan fingerprint density at radius 3 is 2.87 bits per heavy atom. The van der Waals surface area contributed by atoms with Crippen molar-refractivity contribution in [2.75, 3.05) is 12.4 Å². The molecule has 0 atom stereocenters. The summed E-state index contributed by atoms with van der Waals surface area (Å²) in [7, 11) is 1.67. The maximum absolute atomic E-state index is 5.29. The second-order valence-electron chi connectivity index (χ2n) is 3.69. The van der Waals surface area contributed by atoms with E-state index in [2.05, 4.69) is 10.3 Å². The molecule has 3 nitrogen and oxygen atoms in total. The molecular formula is C12H16N2O. The van der Waals surface area contributed by atoms with Crippen molar-refractivity contribution in [2.24, 2.45) is 4.99 Å². The first-order valence-corrected chi connectivity index (χ1v) is 5.26. The third-order valence-corrected chi connectivity index (χ3v) is 2.40. The molecule has 1 aliphatic rings. The average Bonchev–Trinajstić information content (AvgIpc) is 3.04. The Hall–Kier alpha value is -1.51. The third-order valence-electron chi connectivity index (χ3n) is 2.40. The molecule has 1 aromatic carbocycles. The smallest absolute Gasteiger partial charge is 0.146 e. The molecule has 15 heavy (non-hydrogen) atoms. The van der Waals surface area contributed by atoms with E-state index in [1.807, 2.05) is 25.1 Å². The molecule has 80 valence electrons. The number of aliphatic imine (C=N–C) groups is 1. The minimum Gasteiger partial charge on any atom is -0.494 e. The summed E-state index contributed by atoms with van der Waals surface area (Å²) in [6.45, 7) is 1.90. The van der Waals surface area contributed by atoms with Crippen LogP contribution in [-0.2, 0) is 0 Å². The van der Waals surface area contributed by atoms with E-state index in [0.717, 1.165) is 17.1 Å². The largest absolute Gasteiger partial charge is 0.494 e. The molecule has 2 rings (SSSR count). The van der Waals surface area contributed by atoms with Crippen LogP contribution in [0.4, 0.5) is 11.4 Å². The lowest BCUT2D eigenvalue weighted by Gasteiger charge is -2.08. The molecule has 0 saturated heterocycles. The van der Waals surface area contributed by atoms with E-state index < -0.39 is 0 Å². The zero-order valence-electron chi connectivity index (χ0n) is 9.16. The second kappa shape index (κ2) is 4.34. The van der Waals surface area contributed by atoms with E-state index in [4.69, 9.17) is 4.74 Å². The van der Waals surface area contributed by atoms with E-state index in [9.17, 15) is 0 Å². The fraction of sp³-hybridized carbons (Fsp3) is 0.417. The summed E-state index contributed by atoms with van der Waals surface area (Å²) < 4.78 is 5.29. The predicted octanol–water partition coefficient (Wildman–Crippen LogP) is 2.99. The minimum atomic E-state index is 0.662. The highest BCUT2D eigenvalue weighted by Crippen LogP contribution is 2.32. The molecule has 1 saturated carbocycles. The van der Waals surface area contributed by atoms with Gasteiger partial charge in [-0.25, -0.2) is 0 Å². The van der Waals surface area contributed by atoms with Crippen LogP contribution in [0.25, 0.3) is 0 Å². The molecule has 1 aliphatic carbocycles. The van der Waals surface area contributed by atoms with Gasteiger partial charge in [0.15, 0.2) is 0 Å². The predicted molar refractivity (Wildman–Crippen MR) is 63.5 cm³/mol. The molecule has 0 amide bonds. The summed E-state index contributed by atoms with van der Waals surface area (Å²) in [6.07, 6.45) is 4.32. The van der Waals surface area contributed by atoms with Gasteiger partial charge in [-0.3, -0.25) is 4.99 Å². The number of hydrogen-bond donors (Lipinski definition) is 1. The third kappa shape index (κ3) is 2.49. The average molecular weight is 204 g/mol. The molecule has 1 aromatic rings. The lowest BCUT2D eigenvalue weighted by Crippen LogP contribution is -2.00. The topological polar surface area (TPSA) is 33.6 Å². The molecule has 0 aromatic heterocycles. The number of anilines is 1. The Morgan fingerprint density at radius 2 is 2.27 bits per heavy atom. The van der Waals surface area contributed by atoms with Gasteiger partial charge in [-0.2, -0.15) is 0 Å². The van der Waals surface area contributed by atoms with Gasteiger partial charge in [0.1, 0.15) is 11.4 Å². The first kappa shape index (κ1) is 10.0. The molecule has 0 bridgehead atoms. The fourth-order valence-electron chi connectivity index (χ4n) is 1.48. The summed E-state index contributed by atoms with van der Waals surface area (Å²) in [4.78, 5) is 4.24. The minimum absolute atomic E-state index is 0.662. The van der Waals surface area contributed by atoms with Gasteiger partial charge in [-0.05, 0) is 31.9 Å². The van der Waals surface area contributed by atoms with Crippen molar-refractivity contribution in [3.8, 4) is 5.75 Å². The lowest BCUT2D eigenvalue weighted by molar-refractivity contribution is 0.416. The zero-order valence-corrected chi connectivity index (χ0v) is 9.16. The van der Waals surface area contributed by atoms with Gasteiger partial charge in [-0.15, -0.1) is 0 Å². The van der Waals surface area contributed by atoms with Crippen LogP contribution in [-0.4, -0.2) is 19.4 Å². The number of nitrogens with zero attached hydrogens (tertiary/aromatic N) is 1. The number of methoxy groups -OCH3 is 1. The quantitative estimate of drug-likeness (QED) is 0.765. The standard InChI is InChI=1S/C12H16N2O/c1-3-13-11-7-6-10(8-12(11)15-2)14-9-4-5-9/h3,6-9,14H,4-5H2,1-2H3/b13-3+. The van der Waals surface area contributed by atoms with Gasteiger partial charge in [0.25, 0.3) is 0 Å². The van der Waals surface area contributed by atoms with Crippen LogP contribution in [0.15, 0.2) is 23.2 Å². The molecule has 1 fully saturated rings. The number of rotatable bonds is 4. The Balaban J connectivity index is 2.20. The summed E-state index contributed by atoms with van der Waals surface area (Å²) in [5.74, 6) is 0.818. The van der Waals surface area contributed by atoms with E-state index in [0.29, 0.717) is 6.04 Å². The highest BCUT2D eigenvalue weighted by Gasteiger charge is 2.20. The van der Waals surface area contributed by atoms with Gasteiger partial charge in [0, 0.05) is 24.0 Å². The molecule has 0 unspecified atom stereocenters. The van der Waals surface area contributed by atoms with Crippen LogP contribution in [0, 0.1) is 0 Å². The zero-order chi connectivity index (χ0) is 10.7. The SMILES string of the molecule is C/C=N/c1ccc(NC2CC2)cc1OC. The van der Waals surface area contributed by atoms with Gasteiger partial charge < -0.3 is 10.1 Å². The van der Waals surface area contributed by atoms with Crippen LogP contribution in [0.1, 0.15) is 19.8 Å². The summed E-state index contributed by atoms with van der Waals surface area (Å²) in [6, 6.07) is 6.68. The van der Waals surface area contributed by atoms with Crippen LogP contribution in [0.3, 0.4) is 0 Å². The highest BCUT2D eigenvalue weighted by atomic mass is 16.5. The first-order chi connectivity index (χ1) is 7.33. The molecule has 1 N–H and O–H groups in total. The molecular weight excluding hydrogens is 188 g/mol. The van der Waals surface area contributed by atoms with Crippen molar-refractivity contribution in [3.05, 3.63) is 18.2 Å². The summed E-state index contributed by atoms with van der Waals surface area (Å²) >= 11 is 0. The Bertz CT molecular complexity index is 370. The molecule has 0 radical (unpaired) electrons. The number of hydrogen-bond acceptors (Lipinski definition) is 3. The van der Waals surface area contributed by atoms with Crippen molar-refractivity contribution in [1.29, 1.82) is 0 Å². The van der Waals surface area contributed by atoms with Crippen molar-refractivity contribution in [3.63, 3.8) is 0 Å². The van der Waals surface area contributed by atoms with Gasteiger partial charge >= 0.3 is 0 Å². The maximum atomic E-state index is 5.29. The molecule has 0 heterocycles. The van der Waals surface area contributed by atoms with Crippen LogP contribution in [0.5, 0.6) is 5.75 Å². The van der Waals surface area contributed by atoms with Crippen LogP contribution >= 0.6 is 0 Å². The van der Waals surface area contributed by atoms with Crippen molar-refractivity contribution >= 4 is 17.6 Å². The summed E-state index contributed by atoms with van der Waals surface area (Å²) in [5, 5.41) is 3.43. The monoisotopic (exact) mass is 204 g/mol. The van der Waals surface area contributed by atoms with Gasteiger partial charge in [0.2, 0.25) is 0 Å². The lowest BCUT2D eigenvalue weighted by atomic mass is 10.2. The Kier molecular flexibility index (Phi) is 2.90. The second-order valence-corrected chi connectivity index (χ2v) is 3.69. The van der Waals surface area contributed by atoms with Crippen molar-refractivity contribution in [2.45, 2.75) is 25.8 Å². The number of ether oxygens (including phenoxy) is 1. The van der Waals surface area contributed by atoms with E-state index in [1.165, 1.54) is 12.8 Å². The normalized spacial score (nSPS) is 15.6.